The standard InChI is InChI=1S/C21H23N3O2S2/c1-3-23-24-18-9-4-16(5-10-18)8-13-20-21(27-15-22-20)14-17-6-11-19(12-7-17)28(2,25)26/h4-7,9-12,15H,3,8,13-14H2,1-2H3. The molecular weight excluding hydrogens is 390 g/mol. The van der Waals surface area contributed by atoms with Crippen molar-refractivity contribution in [3.63, 3.8) is 0 Å². The van der Waals surface area contributed by atoms with Crippen LogP contribution in [0.3, 0.4) is 0 Å². The second kappa shape index (κ2) is 9.21. The summed E-state index contributed by atoms with van der Waals surface area (Å²) in [5.41, 5.74) is 6.18. The van der Waals surface area contributed by atoms with Crippen LogP contribution in [0.4, 0.5) is 5.69 Å². The monoisotopic (exact) mass is 413 g/mol. The molecule has 2 aromatic carbocycles. The minimum absolute atomic E-state index is 0.350. The van der Waals surface area contributed by atoms with Crippen molar-refractivity contribution >= 4 is 26.9 Å². The molecule has 0 radical (unpaired) electrons. The summed E-state index contributed by atoms with van der Waals surface area (Å²) in [5, 5.41) is 8.15. The maximum atomic E-state index is 11.6. The number of hydrogen-bond acceptors (Lipinski definition) is 6. The second-order valence-electron chi connectivity index (χ2n) is 6.54. The van der Waals surface area contributed by atoms with Gasteiger partial charge in [0.2, 0.25) is 0 Å². The first-order valence-corrected chi connectivity index (χ1v) is 11.9. The van der Waals surface area contributed by atoms with E-state index in [9.17, 15) is 8.42 Å². The summed E-state index contributed by atoms with van der Waals surface area (Å²) < 4.78 is 23.2. The molecule has 7 heteroatoms. The molecule has 1 aromatic heterocycles. The van der Waals surface area contributed by atoms with Gasteiger partial charge >= 0.3 is 0 Å². The van der Waals surface area contributed by atoms with Gasteiger partial charge in [-0.1, -0.05) is 24.3 Å². The summed E-state index contributed by atoms with van der Waals surface area (Å²) >= 11 is 1.64. The first kappa shape index (κ1) is 20.4. The Bertz CT molecular complexity index is 1040. The summed E-state index contributed by atoms with van der Waals surface area (Å²) in [6.45, 7) is 2.65. The molecule has 0 unspecified atom stereocenters. The van der Waals surface area contributed by atoms with Crippen LogP contribution in [-0.4, -0.2) is 26.2 Å². The van der Waals surface area contributed by atoms with Gasteiger partial charge in [0.1, 0.15) is 0 Å². The van der Waals surface area contributed by atoms with Gasteiger partial charge in [0.25, 0.3) is 0 Å². The maximum Gasteiger partial charge on any atom is 0.175 e. The number of azo groups is 1. The van der Waals surface area contributed by atoms with Crippen LogP contribution in [0, 0.1) is 0 Å². The zero-order valence-electron chi connectivity index (χ0n) is 16.0. The highest BCUT2D eigenvalue weighted by Gasteiger charge is 2.10. The highest BCUT2D eigenvalue weighted by Crippen LogP contribution is 2.22. The predicted octanol–water partition coefficient (Wildman–Crippen LogP) is 5.03. The van der Waals surface area contributed by atoms with Gasteiger partial charge in [-0.2, -0.15) is 10.2 Å². The fraction of sp³-hybridized carbons (Fsp3) is 0.286. The molecule has 28 heavy (non-hydrogen) atoms. The third kappa shape index (κ3) is 5.56. The minimum atomic E-state index is -3.16. The lowest BCUT2D eigenvalue weighted by atomic mass is 10.0. The third-order valence-electron chi connectivity index (χ3n) is 4.36. The van der Waals surface area contributed by atoms with Gasteiger partial charge in [0.05, 0.1) is 28.3 Å². The van der Waals surface area contributed by atoms with Crippen LogP contribution in [0.2, 0.25) is 0 Å². The molecule has 3 rings (SSSR count). The number of sulfone groups is 1. The van der Waals surface area contributed by atoms with Gasteiger partial charge in [-0.3, -0.25) is 0 Å². The average Bonchev–Trinajstić information content (AvgIpc) is 3.12. The summed E-state index contributed by atoms with van der Waals surface area (Å²) in [7, 11) is -3.16. The van der Waals surface area contributed by atoms with Crippen molar-refractivity contribution in [3.05, 3.63) is 75.7 Å². The fourth-order valence-corrected chi connectivity index (χ4v) is 4.30. The molecule has 0 spiro atoms. The van der Waals surface area contributed by atoms with E-state index in [2.05, 4.69) is 27.3 Å². The number of nitrogens with zero attached hydrogens (tertiary/aromatic N) is 3. The van der Waals surface area contributed by atoms with E-state index in [0.717, 1.165) is 36.2 Å². The molecule has 0 amide bonds. The second-order valence-corrected chi connectivity index (χ2v) is 9.49. The van der Waals surface area contributed by atoms with E-state index >= 15 is 0 Å². The lowest BCUT2D eigenvalue weighted by molar-refractivity contribution is 0.602. The lowest BCUT2D eigenvalue weighted by Crippen LogP contribution is -1.98. The zero-order valence-corrected chi connectivity index (χ0v) is 17.6. The number of aromatic nitrogens is 1. The summed E-state index contributed by atoms with van der Waals surface area (Å²) in [4.78, 5) is 6.10. The van der Waals surface area contributed by atoms with E-state index in [-0.39, 0.29) is 0 Å². The first-order valence-electron chi connectivity index (χ1n) is 9.12. The Hall–Kier alpha value is -2.38. The number of aryl methyl sites for hydroxylation is 2. The van der Waals surface area contributed by atoms with Crippen molar-refractivity contribution in [2.45, 2.75) is 31.1 Å². The van der Waals surface area contributed by atoms with Crippen LogP contribution in [0.5, 0.6) is 0 Å². The highest BCUT2D eigenvalue weighted by molar-refractivity contribution is 7.90. The van der Waals surface area contributed by atoms with Crippen LogP contribution in [0.15, 0.2) is 69.2 Å². The van der Waals surface area contributed by atoms with E-state index in [4.69, 9.17) is 0 Å². The molecule has 1 heterocycles. The van der Waals surface area contributed by atoms with E-state index in [1.54, 1.807) is 23.5 Å². The summed E-state index contributed by atoms with van der Waals surface area (Å²) in [5.74, 6) is 0. The molecule has 146 valence electrons. The molecule has 0 N–H and O–H groups in total. The van der Waals surface area contributed by atoms with Crippen LogP contribution < -0.4 is 0 Å². The molecule has 0 fully saturated rings. The normalized spacial score (nSPS) is 11.9. The van der Waals surface area contributed by atoms with Crippen LogP contribution in [0.25, 0.3) is 0 Å². The first-order chi connectivity index (χ1) is 13.5. The molecule has 0 saturated heterocycles. The Morgan fingerprint density at radius 2 is 1.64 bits per heavy atom. The minimum Gasteiger partial charge on any atom is -0.249 e. The van der Waals surface area contributed by atoms with Crippen molar-refractivity contribution in [3.8, 4) is 0 Å². The van der Waals surface area contributed by atoms with Crippen LogP contribution >= 0.6 is 11.3 Å². The van der Waals surface area contributed by atoms with Crippen LogP contribution in [-0.2, 0) is 29.1 Å². The number of hydrogen-bond donors (Lipinski definition) is 0. The van der Waals surface area contributed by atoms with Gasteiger partial charge in [0.15, 0.2) is 9.84 Å². The number of benzene rings is 2. The molecule has 0 saturated carbocycles. The Labute approximate surface area is 170 Å². The molecule has 0 aliphatic carbocycles. The highest BCUT2D eigenvalue weighted by atomic mass is 32.2. The maximum absolute atomic E-state index is 11.6. The molecule has 0 aliphatic heterocycles. The molecule has 5 nitrogen and oxygen atoms in total. The topological polar surface area (TPSA) is 71.8 Å². The van der Waals surface area contributed by atoms with Gasteiger partial charge in [-0.05, 0) is 55.2 Å². The Morgan fingerprint density at radius 3 is 2.29 bits per heavy atom. The van der Waals surface area contributed by atoms with E-state index < -0.39 is 9.84 Å². The Kier molecular flexibility index (Phi) is 6.70. The average molecular weight is 414 g/mol. The number of thiazole rings is 1. The smallest absolute Gasteiger partial charge is 0.175 e. The summed E-state index contributed by atoms with van der Waals surface area (Å²) in [6.07, 6.45) is 3.77. The SMILES string of the molecule is CCN=Nc1ccc(CCc2ncsc2Cc2ccc(S(C)(=O)=O)cc2)cc1. The largest absolute Gasteiger partial charge is 0.249 e. The van der Waals surface area contributed by atoms with Gasteiger partial charge in [-0.15, -0.1) is 11.3 Å². The fourth-order valence-electron chi connectivity index (χ4n) is 2.83. The van der Waals surface area contributed by atoms with Gasteiger partial charge in [0, 0.05) is 17.6 Å². The third-order valence-corrected chi connectivity index (χ3v) is 6.36. The lowest BCUT2D eigenvalue weighted by Gasteiger charge is -2.05. The predicted molar refractivity (Wildman–Crippen MR) is 113 cm³/mol. The molecule has 0 aliphatic rings. The molecule has 3 aromatic rings. The van der Waals surface area contributed by atoms with Crippen LogP contribution in [0.1, 0.15) is 28.6 Å². The molecular formula is C21H23N3O2S2. The quantitative estimate of drug-likeness (QED) is 0.486. The van der Waals surface area contributed by atoms with Crippen molar-refractivity contribution in [2.24, 2.45) is 10.2 Å². The van der Waals surface area contributed by atoms with Crippen molar-refractivity contribution in [1.29, 1.82) is 0 Å². The van der Waals surface area contributed by atoms with Crippen molar-refractivity contribution in [1.82, 2.24) is 4.98 Å². The number of rotatable bonds is 8. The van der Waals surface area contributed by atoms with E-state index in [0.29, 0.717) is 11.4 Å². The molecule has 0 atom stereocenters. The van der Waals surface area contributed by atoms with E-state index in [1.165, 1.54) is 16.7 Å². The Morgan fingerprint density at radius 1 is 0.964 bits per heavy atom. The van der Waals surface area contributed by atoms with Crippen molar-refractivity contribution < 1.29 is 8.42 Å². The molecule has 0 bridgehead atoms. The van der Waals surface area contributed by atoms with Gasteiger partial charge < -0.3 is 0 Å². The van der Waals surface area contributed by atoms with Crippen molar-refractivity contribution in [2.75, 3.05) is 12.8 Å². The summed E-state index contributed by atoms with van der Waals surface area (Å²) in [6, 6.07) is 15.2. The Balaban J connectivity index is 1.63. The zero-order chi connectivity index (χ0) is 20.0. The van der Waals surface area contributed by atoms with E-state index in [1.807, 2.05) is 36.7 Å². The van der Waals surface area contributed by atoms with Gasteiger partial charge in [-0.25, -0.2) is 13.4 Å².